The summed E-state index contributed by atoms with van der Waals surface area (Å²) in [5.41, 5.74) is 0.424. The van der Waals surface area contributed by atoms with Gasteiger partial charge in [-0.1, -0.05) is 47.5 Å². The average Bonchev–Trinajstić information content (AvgIpc) is 3.07. The highest BCUT2D eigenvalue weighted by molar-refractivity contribution is 6.44. The summed E-state index contributed by atoms with van der Waals surface area (Å²) in [6.45, 7) is 0.231. The van der Waals surface area contributed by atoms with Gasteiger partial charge in [-0.05, 0) is 36.4 Å². The van der Waals surface area contributed by atoms with E-state index in [9.17, 15) is 4.79 Å². The highest BCUT2D eigenvalue weighted by Crippen LogP contribution is 2.30. The van der Waals surface area contributed by atoms with Gasteiger partial charge in [0.25, 0.3) is 5.91 Å². The van der Waals surface area contributed by atoms with E-state index in [-0.39, 0.29) is 17.4 Å². The Kier molecular flexibility index (Phi) is 5.08. The summed E-state index contributed by atoms with van der Waals surface area (Å²) in [6, 6.07) is 17.6. The van der Waals surface area contributed by atoms with E-state index in [0.717, 1.165) is 5.75 Å². The molecule has 0 aliphatic rings. The quantitative estimate of drug-likeness (QED) is 0.660. The largest absolute Gasteiger partial charge is 0.486 e. The van der Waals surface area contributed by atoms with Gasteiger partial charge in [0.05, 0.1) is 15.7 Å². The molecule has 4 nitrogen and oxygen atoms in total. The van der Waals surface area contributed by atoms with Crippen LogP contribution >= 0.6 is 23.2 Å². The Bertz CT molecular complexity index is 846. The lowest BCUT2D eigenvalue weighted by Gasteiger charge is -2.06. The maximum atomic E-state index is 12.2. The fraction of sp³-hybridized carbons (Fsp3) is 0.0556. The first-order valence-electron chi connectivity index (χ1n) is 7.15. The molecule has 0 radical (unpaired) electrons. The van der Waals surface area contributed by atoms with Crippen molar-refractivity contribution in [2.75, 3.05) is 5.32 Å². The van der Waals surface area contributed by atoms with Crippen molar-refractivity contribution in [1.82, 2.24) is 0 Å². The van der Waals surface area contributed by atoms with E-state index in [1.165, 1.54) is 0 Å². The molecular weight excluding hydrogens is 349 g/mol. The Morgan fingerprint density at radius 1 is 1.00 bits per heavy atom. The Morgan fingerprint density at radius 3 is 2.58 bits per heavy atom. The Morgan fingerprint density at radius 2 is 1.79 bits per heavy atom. The van der Waals surface area contributed by atoms with Gasteiger partial charge in [-0.15, -0.1) is 0 Å². The average molecular weight is 362 g/mol. The second-order valence-corrected chi connectivity index (χ2v) is 5.71. The topological polar surface area (TPSA) is 51.5 Å². The van der Waals surface area contributed by atoms with Crippen molar-refractivity contribution < 1.29 is 13.9 Å². The summed E-state index contributed by atoms with van der Waals surface area (Å²) in [4.78, 5) is 12.2. The molecule has 0 spiro atoms. The third kappa shape index (κ3) is 3.91. The number of carbonyl (C=O) groups excluding carboxylic acids is 1. The second-order valence-electron chi connectivity index (χ2n) is 4.92. The number of hydrogen-bond acceptors (Lipinski definition) is 3. The molecule has 6 heteroatoms. The van der Waals surface area contributed by atoms with Crippen LogP contribution in [0.2, 0.25) is 10.0 Å². The fourth-order valence-corrected chi connectivity index (χ4v) is 2.38. The molecule has 1 heterocycles. The van der Waals surface area contributed by atoms with Crippen molar-refractivity contribution in [3.8, 4) is 5.75 Å². The van der Waals surface area contributed by atoms with Crippen LogP contribution in [0.5, 0.6) is 5.75 Å². The molecule has 0 unspecified atom stereocenters. The first kappa shape index (κ1) is 16.4. The molecule has 3 rings (SSSR count). The van der Waals surface area contributed by atoms with Gasteiger partial charge in [0.2, 0.25) is 0 Å². The molecule has 122 valence electrons. The van der Waals surface area contributed by atoms with E-state index in [1.54, 1.807) is 30.3 Å². The molecule has 2 aromatic carbocycles. The molecule has 0 atom stereocenters. The number of para-hydroxylation sites is 1. The lowest BCUT2D eigenvalue weighted by Crippen LogP contribution is -2.11. The SMILES string of the molecule is O=C(Nc1cccc(Cl)c1Cl)c1ccc(COc2ccccc2)o1. The molecule has 24 heavy (non-hydrogen) atoms. The maximum Gasteiger partial charge on any atom is 0.291 e. The van der Waals surface area contributed by atoms with Gasteiger partial charge in [-0.2, -0.15) is 0 Å². The first-order chi connectivity index (χ1) is 11.6. The summed E-state index contributed by atoms with van der Waals surface area (Å²) in [7, 11) is 0. The standard InChI is InChI=1S/C18H13Cl2NO3/c19-14-7-4-8-15(17(14)20)21-18(22)16-10-9-13(24-16)11-23-12-5-2-1-3-6-12/h1-10H,11H2,(H,21,22). The zero-order valence-corrected chi connectivity index (χ0v) is 14.0. The van der Waals surface area contributed by atoms with Crippen LogP contribution in [0.3, 0.4) is 0 Å². The van der Waals surface area contributed by atoms with E-state index in [0.29, 0.717) is 16.5 Å². The predicted octanol–water partition coefficient (Wildman–Crippen LogP) is 5.42. The summed E-state index contributed by atoms with van der Waals surface area (Å²) < 4.78 is 11.1. The van der Waals surface area contributed by atoms with Crippen LogP contribution in [0.25, 0.3) is 0 Å². The number of furan rings is 1. The number of benzene rings is 2. The molecule has 3 aromatic rings. The van der Waals surface area contributed by atoms with Crippen LogP contribution < -0.4 is 10.1 Å². The van der Waals surface area contributed by atoms with Crippen molar-refractivity contribution in [3.63, 3.8) is 0 Å². The van der Waals surface area contributed by atoms with Gasteiger partial charge in [-0.3, -0.25) is 4.79 Å². The summed E-state index contributed by atoms with van der Waals surface area (Å²) in [5, 5.41) is 3.32. The zero-order valence-electron chi connectivity index (χ0n) is 12.5. The highest BCUT2D eigenvalue weighted by Gasteiger charge is 2.14. The van der Waals surface area contributed by atoms with E-state index in [2.05, 4.69) is 5.32 Å². The van der Waals surface area contributed by atoms with Gasteiger partial charge in [0, 0.05) is 0 Å². The number of amides is 1. The highest BCUT2D eigenvalue weighted by atomic mass is 35.5. The molecule has 0 fully saturated rings. The summed E-state index contributed by atoms with van der Waals surface area (Å²) in [5.74, 6) is 1.02. The molecule has 1 amide bonds. The number of halogens is 2. The normalized spacial score (nSPS) is 10.4. The van der Waals surface area contributed by atoms with Gasteiger partial charge in [0.15, 0.2) is 5.76 Å². The Labute approximate surface area is 149 Å². The molecule has 0 aliphatic heterocycles. The molecule has 0 saturated carbocycles. The van der Waals surface area contributed by atoms with Crippen LogP contribution in [0.4, 0.5) is 5.69 Å². The first-order valence-corrected chi connectivity index (χ1v) is 7.91. The number of anilines is 1. The third-order valence-corrected chi connectivity index (χ3v) is 4.03. The number of rotatable bonds is 5. The van der Waals surface area contributed by atoms with Crippen LogP contribution in [-0.4, -0.2) is 5.91 Å². The molecule has 0 aliphatic carbocycles. The zero-order chi connectivity index (χ0) is 16.9. The minimum Gasteiger partial charge on any atom is -0.486 e. The Hall–Kier alpha value is -2.43. The van der Waals surface area contributed by atoms with Crippen LogP contribution in [0.15, 0.2) is 65.1 Å². The number of nitrogens with one attached hydrogen (secondary N) is 1. The fourth-order valence-electron chi connectivity index (χ4n) is 2.03. The number of carbonyl (C=O) groups is 1. The van der Waals surface area contributed by atoms with Crippen LogP contribution in [0.1, 0.15) is 16.3 Å². The number of ether oxygens (including phenoxy) is 1. The lowest BCUT2D eigenvalue weighted by molar-refractivity contribution is 0.0992. The predicted molar refractivity (Wildman–Crippen MR) is 93.9 cm³/mol. The van der Waals surface area contributed by atoms with E-state index >= 15 is 0 Å². The van der Waals surface area contributed by atoms with Crippen molar-refractivity contribution in [2.24, 2.45) is 0 Å². The van der Waals surface area contributed by atoms with Gasteiger partial charge in [-0.25, -0.2) is 0 Å². The van der Waals surface area contributed by atoms with Crippen molar-refractivity contribution in [1.29, 1.82) is 0 Å². The van der Waals surface area contributed by atoms with Crippen LogP contribution in [0, 0.1) is 0 Å². The minimum absolute atomic E-state index is 0.165. The molecule has 0 saturated heterocycles. The Balaban J connectivity index is 1.64. The van der Waals surface area contributed by atoms with Crippen LogP contribution in [-0.2, 0) is 6.61 Å². The second kappa shape index (κ2) is 7.43. The monoisotopic (exact) mass is 361 g/mol. The number of hydrogen-bond donors (Lipinski definition) is 1. The van der Waals surface area contributed by atoms with E-state index < -0.39 is 5.91 Å². The van der Waals surface area contributed by atoms with Gasteiger partial charge >= 0.3 is 0 Å². The van der Waals surface area contributed by atoms with Crippen molar-refractivity contribution >= 4 is 34.8 Å². The van der Waals surface area contributed by atoms with E-state index in [1.807, 2.05) is 30.3 Å². The molecule has 1 aromatic heterocycles. The van der Waals surface area contributed by atoms with Crippen molar-refractivity contribution in [2.45, 2.75) is 6.61 Å². The van der Waals surface area contributed by atoms with Gasteiger partial charge in [0.1, 0.15) is 18.1 Å². The maximum absolute atomic E-state index is 12.2. The lowest BCUT2D eigenvalue weighted by atomic mass is 10.3. The summed E-state index contributed by atoms with van der Waals surface area (Å²) in [6.07, 6.45) is 0. The molecule has 1 N–H and O–H groups in total. The molecular formula is C18H13Cl2NO3. The molecule has 0 bridgehead atoms. The van der Waals surface area contributed by atoms with Crippen molar-refractivity contribution in [3.05, 3.63) is 82.2 Å². The summed E-state index contributed by atoms with van der Waals surface area (Å²) >= 11 is 12.0. The van der Waals surface area contributed by atoms with Gasteiger partial charge < -0.3 is 14.5 Å². The van der Waals surface area contributed by atoms with E-state index in [4.69, 9.17) is 32.4 Å². The smallest absolute Gasteiger partial charge is 0.291 e. The third-order valence-electron chi connectivity index (χ3n) is 3.21. The minimum atomic E-state index is -0.412.